The molecule has 0 aliphatic carbocycles. The van der Waals surface area contributed by atoms with E-state index in [1.54, 1.807) is 7.05 Å². The summed E-state index contributed by atoms with van der Waals surface area (Å²) in [5.41, 5.74) is 1.71. The maximum absolute atomic E-state index is 11.7. The second-order valence-electron chi connectivity index (χ2n) is 7.23. The normalized spacial score (nSPS) is 16.3. The molecule has 9 heteroatoms. The van der Waals surface area contributed by atoms with Crippen LogP contribution in [0, 0.1) is 5.92 Å². The highest BCUT2D eigenvalue weighted by atomic mass is 35.5. The predicted molar refractivity (Wildman–Crippen MR) is 109 cm³/mol. The SMILES string of the molecule is CNC(=O)CC(NC(=O)O)C1CCN(Cc2cc(-c3ccc(Cl)cc3)no2)CC1. The second kappa shape index (κ2) is 9.76. The van der Waals surface area contributed by atoms with Gasteiger partial charge in [0.15, 0.2) is 5.76 Å². The lowest BCUT2D eigenvalue weighted by Gasteiger charge is -2.35. The van der Waals surface area contributed by atoms with Crippen molar-refractivity contribution in [3.63, 3.8) is 0 Å². The molecule has 1 aliphatic rings. The van der Waals surface area contributed by atoms with E-state index in [1.807, 2.05) is 30.3 Å². The fourth-order valence-corrected chi connectivity index (χ4v) is 3.80. The van der Waals surface area contributed by atoms with Gasteiger partial charge in [0.25, 0.3) is 0 Å². The molecule has 1 aromatic heterocycles. The van der Waals surface area contributed by atoms with Crippen LogP contribution >= 0.6 is 11.6 Å². The third-order valence-electron chi connectivity index (χ3n) is 5.27. The smallest absolute Gasteiger partial charge is 0.404 e. The molecule has 0 spiro atoms. The molecule has 3 rings (SSSR count). The van der Waals surface area contributed by atoms with Gasteiger partial charge >= 0.3 is 6.09 Å². The number of carbonyl (C=O) groups excluding carboxylic acids is 1. The Kier molecular flexibility index (Phi) is 7.11. The zero-order chi connectivity index (χ0) is 20.8. The van der Waals surface area contributed by atoms with E-state index in [0.717, 1.165) is 42.9 Å². The Morgan fingerprint density at radius 2 is 2.00 bits per heavy atom. The number of hydrogen-bond donors (Lipinski definition) is 3. The number of nitrogens with zero attached hydrogens (tertiary/aromatic N) is 2. The first-order valence-electron chi connectivity index (χ1n) is 9.58. The average Bonchev–Trinajstić information content (AvgIpc) is 3.16. The lowest BCUT2D eigenvalue weighted by molar-refractivity contribution is -0.121. The van der Waals surface area contributed by atoms with Crippen molar-refractivity contribution in [1.29, 1.82) is 0 Å². The monoisotopic (exact) mass is 420 g/mol. The van der Waals surface area contributed by atoms with Crippen LogP contribution in [0.2, 0.25) is 5.02 Å². The third-order valence-corrected chi connectivity index (χ3v) is 5.52. The summed E-state index contributed by atoms with van der Waals surface area (Å²) in [4.78, 5) is 25.0. The minimum absolute atomic E-state index is 0.124. The number of hydrogen-bond acceptors (Lipinski definition) is 5. The van der Waals surface area contributed by atoms with Gasteiger partial charge in [0.05, 0.1) is 6.54 Å². The molecule has 1 saturated heterocycles. The maximum Gasteiger partial charge on any atom is 0.404 e. The molecule has 1 aromatic carbocycles. The van der Waals surface area contributed by atoms with Crippen molar-refractivity contribution in [2.45, 2.75) is 31.8 Å². The number of rotatable bonds is 7. The minimum Gasteiger partial charge on any atom is -0.465 e. The zero-order valence-corrected chi connectivity index (χ0v) is 17.0. The fraction of sp³-hybridized carbons (Fsp3) is 0.450. The number of carboxylic acid groups (broad SMARTS) is 1. The van der Waals surface area contributed by atoms with Gasteiger partial charge in [-0.15, -0.1) is 0 Å². The van der Waals surface area contributed by atoms with Crippen LogP contribution in [0.5, 0.6) is 0 Å². The summed E-state index contributed by atoms with van der Waals surface area (Å²) in [5, 5.41) is 19.0. The van der Waals surface area contributed by atoms with Crippen molar-refractivity contribution in [1.82, 2.24) is 20.7 Å². The summed E-state index contributed by atoms with van der Waals surface area (Å²) in [5.74, 6) is 0.737. The summed E-state index contributed by atoms with van der Waals surface area (Å²) < 4.78 is 5.48. The zero-order valence-electron chi connectivity index (χ0n) is 16.2. The molecule has 29 heavy (non-hydrogen) atoms. The molecule has 2 amide bonds. The summed E-state index contributed by atoms with van der Waals surface area (Å²) in [6.45, 7) is 2.24. The number of aromatic nitrogens is 1. The van der Waals surface area contributed by atoms with Gasteiger partial charge < -0.3 is 20.3 Å². The van der Waals surface area contributed by atoms with Gasteiger partial charge in [0, 0.05) is 36.2 Å². The van der Waals surface area contributed by atoms with Crippen LogP contribution in [0.3, 0.4) is 0 Å². The quantitative estimate of drug-likeness (QED) is 0.635. The van der Waals surface area contributed by atoms with E-state index >= 15 is 0 Å². The topological polar surface area (TPSA) is 108 Å². The van der Waals surface area contributed by atoms with Gasteiger partial charge in [-0.1, -0.05) is 28.9 Å². The van der Waals surface area contributed by atoms with Crippen molar-refractivity contribution in [3.8, 4) is 11.3 Å². The first-order chi connectivity index (χ1) is 13.9. The maximum atomic E-state index is 11.7. The summed E-state index contributed by atoms with van der Waals surface area (Å²) in [7, 11) is 1.55. The van der Waals surface area contributed by atoms with E-state index in [4.69, 9.17) is 21.2 Å². The highest BCUT2D eigenvalue weighted by Gasteiger charge is 2.29. The number of carbonyl (C=O) groups is 2. The molecular weight excluding hydrogens is 396 g/mol. The lowest BCUT2D eigenvalue weighted by atomic mass is 9.87. The largest absolute Gasteiger partial charge is 0.465 e. The first-order valence-corrected chi connectivity index (χ1v) is 9.96. The molecule has 156 valence electrons. The van der Waals surface area contributed by atoms with Crippen LogP contribution in [-0.4, -0.2) is 53.3 Å². The molecular formula is C20H25ClN4O4. The average molecular weight is 421 g/mol. The second-order valence-corrected chi connectivity index (χ2v) is 7.67. The molecule has 0 radical (unpaired) electrons. The van der Waals surface area contributed by atoms with Gasteiger partial charge in [0.2, 0.25) is 5.91 Å². The number of nitrogens with one attached hydrogen (secondary N) is 2. The first kappa shape index (κ1) is 21.1. The highest BCUT2D eigenvalue weighted by molar-refractivity contribution is 6.30. The van der Waals surface area contributed by atoms with Crippen LogP contribution in [0.15, 0.2) is 34.9 Å². The van der Waals surface area contributed by atoms with Gasteiger partial charge in [0.1, 0.15) is 5.69 Å². The molecule has 1 aliphatic heterocycles. The van der Waals surface area contributed by atoms with Crippen LogP contribution in [0.1, 0.15) is 25.0 Å². The number of likely N-dealkylation sites (tertiary alicyclic amines) is 1. The molecule has 2 heterocycles. The molecule has 1 fully saturated rings. The van der Waals surface area contributed by atoms with Crippen molar-refractivity contribution in [2.75, 3.05) is 20.1 Å². The number of halogens is 1. The number of benzene rings is 1. The van der Waals surface area contributed by atoms with Crippen LogP contribution in [-0.2, 0) is 11.3 Å². The Balaban J connectivity index is 1.54. The fourth-order valence-electron chi connectivity index (χ4n) is 3.67. The Morgan fingerprint density at radius 3 is 2.62 bits per heavy atom. The van der Waals surface area contributed by atoms with Gasteiger partial charge in [-0.05, 0) is 44.0 Å². The lowest BCUT2D eigenvalue weighted by Crippen LogP contribution is -2.46. The Morgan fingerprint density at radius 1 is 1.31 bits per heavy atom. The van der Waals surface area contributed by atoms with E-state index in [-0.39, 0.29) is 24.3 Å². The molecule has 0 bridgehead atoms. The molecule has 8 nitrogen and oxygen atoms in total. The van der Waals surface area contributed by atoms with E-state index in [2.05, 4.69) is 20.7 Å². The standard InChI is InChI=1S/C20H25ClN4O4/c1-22-19(26)11-17(23-20(27)28)14-6-8-25(9-7-14)12-16-10-18(24-29-16)13-2-4-15(21)5-3-13/h2-5,10,14,17,23H,6-9,11-12H2,1H3,(H,22,26)(H,27,28). The van der Waals surface area contributed by atoms with Gasteiger partial charge in [-0.3, -0.25) is 9.69 Å². The third kappa shape index (κ3) is 5.95. The van der Waals surface area contributed by atoms with Crippen LogP contribution in [0.25, 0.3) is 11.3 Å². The Labute approximate surface area is 174 Å². The van der Waals surface area contributed by atoms with Gasteiger partial charge in [-0.2, -0.15) is 0 Å². The Hall–Kier alpha value is -2.58. The van der Waals surface area contributed by atoms with Crippen molar-refractivity contribution >= 4 is 23.6 Å². The summed E-state index contributed by atoms with van der Waals surface area (Å²) in [6, 6.07) is 8.98. The van der Waals surface area contributed by atoms with E-state index in [9.17, 15) is 9.59 Å². The Bertz CT molecular complexity index is 831. The summed E-state index contributed by atoms with van der Waals surface area (Å²) >= 11 is 5.92. The van der Waals surface area contributed by atoms with Crippen LogP contribution in [0.4, 0.5) is 4.79 Å². The molecule has 3 N–H and O–H groups in total. The molecule has 2 aromatic rings. The summed E-state index contributed by atoms with van der Waals surface area (Å²) in [6.07, 6.45) is 0.665. The molecule has 1 atom stereocenters. The highest BCUT2D eigenvalue weighted by Crippen LogP contribution is 2.26. The molecule has 0 saturated carbocycles. The van der Waals surface area contributed by atoms with Gasteiger partial charge in [-0.25, -0.2) is 4.79 Å². The number of piperidine rings is 1. The molecule has 1 unspecified atom stereocenters. The van der Waals surface area contributed by atoms with Crippen molar-refractivity contribution in [2.24, 2.45) is 5.92 Å². The van der Waals surface area contributed by atoms with Crippen molar-refractivity contribution in [3.05, 3.63) is 41.1 Å². The van der Waals surface area contributed by atoms with Crippen LogP contribution < -0.4 is 10.6 Å². The number of amides is 2. The van der Waals surface area contributed by atoms with Crippen molar-refractivity contribution < 1.29 is 19.2 Å². The van der Waals surface area contributed by atoms with E-state index in [0.29, 0.717) is 11.6 Å². The predicted octanol–water partition coefficient (Wildman–Crippen LogP) is 2.98. The minimum atomic E-state index is -1.10. The van der Waals surface area contributed by atoms with E-state index < -0.39 is 6.09 Å². The van der Waals surface area contributed by atoms with E-state index in [1.165, 1.54) is 0 Å².